The summed E-state index contributed by atoms with van der Waals surface area (Å²) >= 11 is 6.54. The zero-order chi connectivity index (χ0) is 24.9. The van der Waals surface area contributed by atoms with Gasteiger partial charge in [-0.15, -0.1) is 0 Å². The number of rotatable bonds is 8. The van der Waals surface area contributed by atoms with Gasteiger partial charge in [0.25, 0.3) is 5.91 Å². The van der Waals surface area contributed by atoms with Crippen molar-refractivity contribution in [1.82, 2.24) is 14.7 Å². The van der Waals surface area contributed by atoms with Crippen molar-refractivity contribution in [1.29, 1.82) is 0 Å². The van der Waals surface area contributed by atoms with Crippen LogP contribution in [0.3, 0.4) is 0 Å². The number of aromatic nitrogens is 2. The predicted octanol–water partition coefficient (Wildman–Crippen LogP) is 6.98. The summed E-state index contributed by atoms with van der Waals surface area (Å²) in [7, 11) is 0. The predicted molar refractivity (Wildman–Crippen MR) is 142 cm³/mol. The van der Waals surface area contributed by atoms with Crippen molar-refractivity contribution in [2.75, 3.05) is 6.54 Å². The van der Waals surface area contributed by atoms with Crippen molar-refractivity contribution in [2.24, 2.45) is 0 Å². The Morgan fingerprint density at radius 3 is 2.22 bits per heavy atom. The third kappa shape index (κ3) is 5.26. The molecule has 0 saturated heterocycles. The SMILES string of the molecule is Cc1ccc(-c2cc(C(=O)N(CCc3ccccc3)Cc3ccccc3)n(-c3ccccc3Cl)n2)o1. The van der Waals surface area contributed by atoms with Gasteiger partial charge in [0.15, 0.2) is 5.76 Å². The second-order valence-corrected chi connectivity index (χ2v) is 9.04. The molecule has 0 atom stereocenters. The molecule has 0 unspecified atom stereocenters. The molecule has 36 heavy (non-hydrogen) atoms. The van der Waals surface area contributed by atoms with Gasteiger partial charge in [-0.3, -0.25) is 4.79 Å². The van der Waals surface area contributed by atoms with Crippen molar-refractivity contribution in [3.05, 3.63) is 131 Å². The smallest absolute Gasteiger partial charge is 0.272 e. The van der Waals surface area contributed by atoms with Crippen molar-refractivity contribution in [3.63, 3.8) is 0 Å². The molecule has 0 fully saturated rings. The number of amides is 1. The number of aryl methyl sites for hydroxylation is 1. The second-order valence-electron chi connectivity index (χ2n) is 8.64. The molecule has 3 aromatic carbocycles. The lowest BCUT2D eigenvalue weighted by atomic mass is 10.1. The molecule has 2 heterocycles. The fraction of sp³-hybridized carbons (Fsp3) is 0.133. The number of hydrogen-bond donors (Lipinski definition) is 0. The number of carbonyl (C=O) groups is 1. The lowest BCUT2D eigenvalue weighted by molar-refractivity contribution is 0.0736. The minimum Gasteiger partial charge on any atom is -0.460 e. The van der Waals surface area contributed by atoms with Crippen molar-refractivity contribution < 1.29 is 9.21 Å². The van der Waals surface area contributed by atoms with Gasteiger partial charge < -0.3 is 9.32 Å². The van der Waals surface area contributed by atoms with Crippen LogP contribution in [0.5, 0.6) is 0 Å². The molecule has 180 valence electrons. The normalized spacial score (nSPS) is 10.9. The lowest BCUT2D eigenvalue weighted by Gasteiger charge is -2.23. The van der Waals surface area contributed by atoms with Gasteiger partial charge in [0.2, 0.25) is 0 Å². The molecule has 2 aromatic heterocycles. The fourth-order valence-corrected chi connectivity index (χ4v) is 4.38. The maximum absolute atomic E-state index is 14.1. The summed E-state index contributed by atoms with van der Waals surface area (Å²) in [4.78, 5) is 16.0. The van der Waals surface area contributed by atoms with Crippen LogP contribution in [0.15, 0.2) is 108 Å². The number of carbonyl (C=O) groups excluding carboxylic acids is 1. The van der Waals surface area contributed by atoms with Crippen LogP contribution in [0.4, 0.5) is 0 Å². The largest absolute Gasteiger partial charge is 0.460 e. The second kappa shape index (κ2) is 10.7. The maximum atomic E-state index is 14.1. The quantitative estimate of drug-likeness (QED) is 0.233. The van der Waals surface area contributed by atoms with E-state index in [1.807, 2.05) is 90.7 Å². The van der Waals surface area contributed by atoms with E-state index in [1.54, 1.807) is 16.8 Å². The minimum absolute atomic E-state index is 0.128. The van der Waals surface area contributed by atoms with Gasteiger partial charge in [-0.2, -0.15) is 5.10 Å². The van der Waals surface area contributed by atoms with Gasteiger partial charge in [0, 0.05) is 19.2 Å². The van der Waals surface area contributed by atoms with Gasteiger partial charge in [0.05, 0.1) is 10.7 Å². The van der Waals surface area contributed by atoms with Crippen molar-refractivity contribution in [2.45, 2.75) is 19.9 Å². The molecular formula is C30H26ClN3O2. The van der Waals surface area contributed by atoms with Crippen molar-refractivity contribution >= 4 is 17.5 Å². The summed E-state index contributed by atoms with van der Waals surface area (Å²) in [6.07, 6.45) is 0.740. The summed E-state index contributed by atoms with van der Waals surface area (Å²) in [5.41, 5.74) is 3.88. The van der Waals surface area contributed by atoms with E-state index in [-0.39, 0.29) is 5.91 Å². The number of para-hydroxylation sites is 1. The average molecular weight is 496 g/mol. The van der Waals surface area contributed by atoms with E-state index in [0.717, 1.165) is 17.7 Å². The molecule has 0 aliphatic carbocycles. The topological polar surface area (TPSA) is 51.3 Å². The van der Waals surface area contributed by atoms with Crippen LogP contribution in [-0.2, 0) is 13.0 Å². The Hall–Kier alpha value is -4.09. The zero-order valence-corrected chi connectivity index (χ0v) is 20.7. The average Bonchev–Trinajstić information content (AvgIpc) is 3.54. The van der Waals surface area contributed by atoms with Gasteiger partial charge in [-0.25, -0.2) is 4.68 Å². The summed E-state index contributed by atoms with van der Waals surface area (Å²) < 4.78 is 7.43. The van der Waals surface area contributed by atoms with Crippen LogP contribution in [0, 0.1) is 6.92 Å². The molecule has 6 heteroatoms. The first-order valence-electron chi connectivity index (χ1n) is 11.9. The van der Waals surface area contributed by atoms with Gasteiger partial charge >= 0.3 is 0 Å². The lowest BCUT2D eigenvalue weighted by Crippen LogP contribution is -2.34. The molecule has 0 aliphatic heterocycles. The molecule has 1 amide bonds. The van der Waals surface area contributed by atoms with Crippen molar-refractivity contribution in [3.8, 4) is 17.1 Å². The summed E-state index contributed by atoms with van der Waals surface area (Å²) in [5.74, 6) is 1.25. The molecule has 0 radical (unpaired) electrons. The van der Waals surface area contributed by atoms with Crippen LogP contribution >= 0.6 is 11.6 Å². The zero-order valence-electron chi connectivity index (χ0n) is 20.0. The van der Waals surface area contributed by atoms with Crippen LogP contribution < -0.4 is 0 Å². The molecule has 5 aromatic rings. The molecule has 0 spiro atoms. The number of benzene rings is 3. The Balaban J connectivity index is 1.55. The third-order valence-corrected chi connectivity index (χ3v) is 6.34. The molecule has 5 nitrogen and oxygen atoms in total. The number of halogens is 1. The first-order valence-corrected chi connectivity index (χ1v) is 12.3. The maximum Gasteiger partial charge on any atom is 0.272 e. The highest BCUT2D eigenvalue weighted by Crippen LogP contribution is 2.28. The number of hydrogen-bond acceptors (Lipinski definition) is 3. The van der Waals surface area contributed by atoms with Crippen LogP contribution in [0.1, 0.15) is 27.4 Å². The third-order valence-electron chi connectivity index (χ3n) is 6.02. The molecule has 5 rings (SSSR count). The molecule has 0 bridgehead atoms. The Labute approximate surface area is 215 Å². The summed E-state index contributed by atoms with van der Waals surface area (Å²) in [6.45, 7) is 2.92. The van der Waals surface area contributed by atoms with E-state index < -0.39 is 0 Å². The highest BCUT2D eigenvalue weighted by molar-refractivity contribution is 6.32. The van der Waals surface area contributed by atoms with Gasteiger partial charge in [0.1, 0.15) is 17.1 Å². The first-order chi connectivity index (χ1) is 17.6. The fourth-order valence-electron chi connectivity index (χ4n) is 4.16. The highest BCUT2D eigenvalue weighted by atomic mass is 35.5. The summed E-state index contributed by atoms with van der Waals surface area (Å²) in [6, 6.07) is 33.1. The number of furan rings is 1. The summed E-state index contributed by atoms with van der Waals surface area (Å²) in [5, 5.41) is 5.25. The van der Waals surface area contributed by atoms with E-state index in [1.165, 1.54) is 5.56 Å². The molecule has 0 saturated carbocycles. The Morgan fingerprint density at radius 1 is 0.889 bits per heavy atom. The standard InChI is InChI=1S/C30H26ClN3O2/c1-22-16-17-29(36-22)26-20-28(34(32-26)27-15-9-8-14-25(27)31)30(35)33(21-24-12-6-3-7-13-24)19-18-23-10-4-2-5-11-23/h2-17,20H,18-19,21H2,1H3. The van der Waals surface area contributed by atoms with Crippen LogP contribution in [0.2, 0.25) is 5.02 Å². The number of nitrogens with zero attached hydrogens (tertiary/aromatic N) is 3. The molecule has 0 aliphatic rings. The van der Waals surface area contributed by atoms with E-state index in [9.17, 15) is 4.79 Å². The van der Waals surface area contributed by atoms with Crippen LogP contribution in [0.25, 0.3) is 17.1 Å². The van der Waals surface area contributed by atoms with E-state index in [4.69, 9.17) is 21.1 Å². The minimum atomic E-state index is -0.128. The molecular weight excluding hydrogens is 470 g/mol. The van der Waals surface area contributed by atoms with Gasteiger partial charge in [-0.05, 0) is 48.7 Å². The Bertz CT molecular complexity index is 1460. The van der Waals surface area contributed by atoms with E-state index in [0.29, 0.717) is 40.9 Å². The Morgan fingerprint density at radius 2 is 1.56 bits per heavy atom. The van der Waals surface area contributed by atoms with Gasteiger partial charge in [-0.1, -0.05) is 84.4 Å². The van der Waals surface area contributed by atoms with E-state index >= 15 is 0 Å². The Kier molecular flexibility index (Phi) is 7.01. The highest BCUT2D eigenvalue weighted by Gasteiger charge is 2.25. The van der Waals surface area contributed by atoms with E-state index in [2.05, 4.69) is 12.1 Å². The van der Waals surface area contributed by atoms with Crippen LogP contribution in [-0.4, -0.2) is 27.1 Å². The first kappa shape index (κ1) is 23.6. The molecule has 0 N–H and O–H groups in total. The monoisotopic (exact) mass is 495 g/mol.